The molecule has 0 saturated heterocycles. The van der Waals surface area contributed by atoms with Gasteiger partial charge in [-0.25, -0.2) is 8.78 Å². The monoisotopic (exact) mass is 493 g/mol. The van der Waals surface area contributed by atoms with Gasteiger partial charge in [0.1, 0.15) is 11.6 Å². The standard InChI is InChI=1S/C27H32F5N3/c1-35-19-20(26(34-35)27(30,31)32)12-8-6-4-2-3-5-7-11-17-33-25-14-10-9-13-22(25)23-18-21(28)15-16-24(23)29/h9-10,13-16,18-19,33H,2-8,11-12,17H2,1H3. The number of aromatic nitrogens is 2. The highest BCUT2D eigenvalue weighted by molar-refractivity contribution is 5.78. The van der Waals surface area contributed by atoms with E-state index in [1.165, 1.54) is 24.0 Å². The summed E-state index contributed by atoms with van der Waals surface area (Å²) in [5.41, 5.74) is 1.16. The molecule has 0 aliphatic rings. The molecule has 35 heavy (non-hydrogen) atoms. The molecule has 0 radical (unpaired) electrons. The minimum atomic E-state index is -4.40. The third kappa shape index (κ3) is 8.08. The van der Waals surface area contributed by atoms with Crippen molar-refractivity contribution in [1.82, 2.24) is 9.78 Å². The maximum absolute atomic E-state index is 14.2. The van der Waals surface area contributed by atoms with E-state index < -0.39 is 23.5 Å². The number of hydrogen-bond acceptors (Lipinski definition) is 2. The molecule has 3 rings (SSSR count). The Hall–Kier alpha value is -2.90. The van der Waals surface area contributed by atoms with Crippen LogP contribution in [0.3, 0.4) is 0 Å². The molecular weight excluding hydrogens is 461 g/mol. The van der Waals surface area contributed by atoms with Crippen LogP contribution < -0.4 is 5.32 Å². The molecule has 0 saturated carbocycles. The second-order valence-corrected chi connectivity index (χ2v) is 8.85. The van der Waals surface area contributed by atoms with Crippen LogP contribution in [-0.4, -0.2) is 16.3 Å². The molecule has 2 aromatic carbocycles. The second-order valence-electron chi connectivity index (χ2n) is 8.85. The van der Waals surface area contributed by atoms with Crippen LogP contribution in [0.5, 0.6) is 0 Å². The molecule has 0 amide bonds. The summed E-state index contributed by atoms with van der Waals surface area (Å²) in [6, 6.07) is 10.8. The third-order valence-corrected chi connectivity index (χ3v) is 6.01. The zero-order valence-corrected chi connectivity index (χ0v) is 20.0. The van der Waals surface area contributed by atoms with Crippen molar-refractivity contribution in [3.63, 3.8) is 0 Å². The number of rotatable bonds is 13. The molecule has 1 heterocycles. The number of halogens is 5. The molecular formula is C27H32F5N3. The van der Waals surface area contributed by atoms with Crippen molar-refractivity contribution in [3.8, 4) is 11.1 Å². The van der Waals surface area contributed by atoms with Gasteiger partial charge in [0.2, 0.25) is 0 Å². The quantitative estimate of drug-likeness (QED) is 0.192. The van der Waals surface area contributed by atoms with Gasteiger partial charge in [-0.3, -0.25) is 4.68 Å². The fraction of sp³-hybridized carbons (Fsp3) is 0.444. The Bertz CT molecular complexity index is 1070. The number of aryl methyl sites for hydroxylation is 2. The molecule has 0 bridgehead atoms. The summed E-state index contributed by atoms with van der Waals surface area (Å²) in [5.74, 6) is -0.929. The molecule has 3 aromatic rings. The number of hydrogen-bond donors (Lipinski definition) is 1. The summed E-state index contributed by atoms with van der Waals surface area (Å²) < 4.78 is 67.9. The van der Waals surface area contributed by atoms with Crippen LogP contribution in [0.4, 0.5) is 27.6 Å². The maximum Gasteiger partial charge on any atom is 0.435 e. The number of anilines is 1. The molecule has 0 unspecified atom stereocenters. The normalized spacial score (nSPS) is 11.7. The van der Waals surface area contributed by atoms with Crippen molar-refractivity contribution >= 4 is 5.69 Å². The first-order valence-corrected chi connectivity index (χ1v) is 12.1. The molecule has 0 atom stereocenters. The minimum Gasteiger partial charge on any atom is -0.385 e. The van der Waals surface area contributed by atoms with Gasteiger partial charge in [0, 0.05) is 42.2 Å². The van der Waals surface area contributed by atoms with Gasteiger partial charge in [-0.15, -0.1) is 0 Å². The average Bonchev–Trinajstić information content (AvgIpc) is 3.20. The fourth-order valence-electron chi connectivity index (χ4n) is 4.26. The summed E-state index contributed by atoms with van der Waals surface area (Å²) in [7, 11) is 1.51. The highest BCUT2D eigenvalue weighted by Crippen LogP contribution is 2.32. The van der Waals surface area contributed by atoms with E-state index in [0.29, 0.717) is 12.0 Å². The lowest BCUT2D eigenvalue weighted by Gasteiger charge is -2.13. The number of nitrogens with zero attached hydrogens (tertiary/aromatic N) is 2. The molecule has 0 spiro atoms. The van der Waals surface area contributed by atoms with Crippen molar-refractivity contribution in [2.24, 2.45) is 7.05 Å². The Balaban J connectivity index is 1.29. The maximum atomic E-state index is 14.2. The number of alkyl halides is 3. The first-order chi connectivity index (χ1) is 16.8. The zero-order valence-electron chi connectivity index (χ0n) is 20.0. The first kappa shape index (κ1) is 26.7. The minimum absolute atomic E-state index is 0.242. The van der Waals surface area contributed by atoms with E-state index >= 15 is 0 Å². The van der Waals surface area contributed by atoms with Crippen molar-refractivity contribution in [3.05, 3.63) is 71.6 Å². The van der Waals surface area contributed by atoms with Gasteiger partial charge in [-0.1, -0.05) is 56.7 Å². The average molecular weight is 494 g/mol. The van der Waals surface area contributed by atoms with E-state index in [0.717, 1.165) is 75.7 Å². The highest BCUT2D eigenvalue weighted by atomic mass is 19.4. The molecule has 0 aliphatic carbocycles. The lowest BCUT2D eigenvalue weighted by Crippen LogP contribution is -2.09. The predicted molar refractivity (Wildman–Crippen MR) is 129 cm³/mol. The Labute approximate surface area is 203 Å². The summed E-state index contributed by atoms with van der Waals surface area (Å²) >= 11 is 0. The van der Waals surface area contributed by atoms with Crippen LogP contribution in [0.2, 0.25) is 0 Å². The van der Waals surface area contributed by atoms with Gasteiger partial charge in [-0.2, -0.15) is 18.3 Å². The Morgan fingerprint density at radius 1 is 0.829 bits per heavy atom. The van der Waals surface area contributed by atoms with E-state index in [1.54, 1.807) is 12.1 Å². The summed E-state index contributed by atoms with van der Waals surface area (Å²) in [5, 5.41) is 6.88. The topological polar surface area (TPSA) is 29.9 Å². The van der Waals surface area contributed by atoms with Gasteiger partial charge in [0.15, 0.2) is 5.69 Å². The van der Waals surface area contributed by atoms with Gasteiger partial charge < -0.3 is 5.32 Å². The first-order valence-electron chi connectivity index (χ1n) is 12.1. The van der Waals surface area contributed by atoms with Crippen LogP contribution in [-0.2, 0) is 19.6 Å². The predicted octanol–water partition coefficient (Wildman–Crippen LogP) is 8.16. The molecule has 0 fully saturated rings. The molecule has 1 aromatic heterocycles. The van der Waals surface area contributed by atoms with Crippen LogP contribution in [0.1, 0.15) is 62.6 Å². The van der Waals surface area contributed by atoms with E-state index in [2.05, 4.69) is 10.4 Å². The van der Waals surface area contributed by atoms with Gasteiger partial charge in [0.25, 0.3) is 0 Å². The SMILES string of the molecule is Cn1cc(CCCCCCCCCCNc2ccccc2-c2cc(F)ccc2F)c(C(F)(F)F)n1. The lowest BCUT2D eigenvalue weighted by atomic mass is 10.0. The Morgan fingerprint density at radius 2 is 1.49 bits per heavy atom. The van der Waals surface area contributed by atoms with E-state index in [4.69, 9.17) is 0 Å². The Kier molecular flexibility index (Phi) is 9.69. The summed E-state index contributed by atoms with van der Waals surface area (Å²) in [4.78, 5) is 0. The number of nitrogens with one attached hydrogen (secondary N) is 1. The van der Waals surface area contributed by atoms with E-state index in [9.17, 15) is 22.0 Å². The van der Waals surface area contributed by atoms with Crippen LogP contribution >= 0.6 is 0 Å². The number of unbranched alkanes of at least 4 members (excludes halogenated alkanes) is 7. The van der Waals surface area contributed by atoms with E-state index in [1.807, 2.05) is 12.1 Å². The van der Waals surface area contributed by atoms with Crippen LogP contribution in [0.15, 0.2) is 48.7 Å². The molecule has 1 N–H and O–H groups in total. The molecule has 8 heteroatoms. The van der Waals surface area contributed by atoms with Gasteiger partial charge in [0.05, 0.1) is 0 Å². The number of para-hydroxylation sites is 1. The van der Waals surface area contributed by atoms with Crippen molar-refractivity contribution in [2.45, 2.75) is 64.0 Å². The summed E-state index contributed by atoms with van der Waals surface area (Å²) in [6.45, 7) is 0.737. The smallest absolute Gasteiger partial charge is 0.385 e. The van der Waals surface area contributed by atoms with E-state index in [-0.39, 0.29) is 11.1 Å². The fourth-order valence-corrected chi connectivity index (χ4v) is 4.26. The largest absolute Gasteiger partial charge is 0.435 e. The third-order valence-electron chi connectivity index (χ3n) is 6.01. The number of benzene rings is 2. The lowest BCUT2D eigenvalue weighted by molar-refractivity contribution is -0.142. The molecule has 3 nitrogen and oxygen atoms in total. The van der Waals surface area contributed by atoms with Crippen molar-refractivity contribution < 1.29 is 22.0 Å². The summed E-state index contributed by atoms with van der Waals surface area (Å²) in [6.07, 6.45) is 5.35. The van der Waals surface area contributed by atoms with Crippen molar-refractivity contribution in [1.29, 1.82) is 0 Å². The molecule has 0 aliphatic heterocycles. The molecule has 190 valence electrons. The van der Waals surface area contributed by atoms with Gasteiger partial charge >= 0.3 is 6.18 Å². The van der Waals surface area contributed by atoms with Crippen LogP contribution in [0.25, 0.3) is 11.1 Å². The van der Waals surface area contributed by atoms with Crippen molar-refractivity contribution in [2.75, 3.05) is 11.9 Å². The van der Waals surface area contributed by atoms with Gasteiger partial charge in [-0.05, 0) is 43.5 Å². The van der Waals surface area contributed by atoms with Crippen LogP contribution in [0, 0.1) is 11.6 Å². The highest BCUT2D eigenvalue weighted by Gasteiger charge is 2.36. The zero-order chi connectivity index (χ0) is 25.3. The second kappa shape index (κ2) is 12.7. The Morgan fingerprint density at radius 3 is 2.20 bits per heavy atom.